The zero-order valence-electron chi connectivity index (χ0n) is 15.0. The number of allylic oxidation sites excluding steroid dienone is 1. The van der Waals surface area contributed by atoms with E-state index in [0.29, 0.717) is 16.2 Å². The highest BCUT2D eigenvalue weighted by Crippen LogP contribution is 2.24. The van der Waals surface area contributed by atoms with Gasteiger partial charge in [0.2, 0.25) is 0 Å². The number of nitrogens with one attached hydrogen (secondary N) is 1. The molecule has 0 saturated carbocycles. The number of amides is 1. The van der Waals surface area contributed by atoms with Crippen LogP contribution in [0.25, 0.3) is 11.6 Å². The van der Waals surface area contributed by atoms with E-state index < -0.39 is 0 Å². The molecule has 0 radical (unpaired) electrons. The molecule has 0 spiro atoms. The van der Waals surface area contributed by atoms with Crippen molar-refractivity contribution in [3.05, 3.63) is 93.8 Å². The number of nitrogens with zero attached hydrogens (tertiary/aromatic N) is 2. The molecule has 1 aromatic heterocycles. The minimum atomic E-state index is -0.191. The van der Waals surface area contributed by atoms with Crippen LogP contribution in [0.1, 0.15) is 32.9 Å². The summed E-state index contributed by atoms with van der Waals surface area (Å²) in [7, 11) is 0. The number of rotatable bonds is 4. The fourth-order valence-corrected chi connectivity index (χ4v) is 3.04. The number of hydrogen-bond donors (Lipinski definition) is 1. The quantitative estimate of drug-likeness (QED) is 0.636. The van der Waals surface area contributed by atoms with E-state index >= 15 is 0 Å². The average molecular weight is 376 g/mol. The summed E-state index contributed by atoms with van der Waals surface area (Å²) in [6, 6.07) is 20.4. The Bertz CT molecular complexity index is 1060. The van der Waals surface area contributed by atoms with E-state index in [9.17, 15) is 10.1 Å². The van der Waals surface area contributed by atoms with Gasteiger partial charge in [0.25, 0.3) is 5.91 Å². The summed E-state index contributed by atoms with van der Waals surface area (Å²) in [5.74, 6) is -0.191. The molecule has 3 rings (SSSR count). The van der Waals surface area contributed by atoms with Crippen LogP contribution in [0.3, 0.4) is 0 Å². The predicted octanol–water partition coefficient (Wildman–Crippen LogP) is 5.21. The fraction of sp³-hybridized carbons (Fsp3) is 0.0909. The van der Waals surface area contributed by atoms with Crippen molar-refractivity contribution in [3.8, 4) is 6.07 Å². The molecule has 3 aromatic rings. The normalized spacial score (nSPS) is 11.1. The minimum Gasteiger partial charge on any atom is -0.267 e. The van der Waals surface area contributed by atoms with Gasteiger partial charge in [0, 0.05) is 22.0 Å². The third-order valence-corrected chi connectivity index (χ3v) is 4.51. The lowest BCUT2D eigenvalue weighted by atomic mass is 10.0. The van der Waals surface area contributed by atoms with Crippen molar-refractivity contribution in [1.29, 1.82) is 5.26 Å². The Hall–Kier alpha value is -3.29. The molecule has 27 heavy (non-hydrogen) atoms. The molecular weight excluding hydrogens is 358 g/mol. The first-order valence-electron chi connectivity index (χ1n) is 8.42. The highest BCUT2D eigenvalue weighted by Gasteiger charge is 2.13. The lowest BCUT2D eigenvalue weighted by molar-refractivity contribution is 0.101. The molecule has 4 nitrogen and oxygen atoms in total. The standard InChI is InChI=1S/C22H18ClN3O/c1-15-11-19(12-20(14-24)18-9-6-10-21(23)13-18)16(2)26(15)25-22(27)17-7-4-3-5-8-17/h3-13H,1-2H3,(H,25,27)/b20-12-. The molecule has 5 heteroatoms. The van der Waals surface area contributed by atoms with Gasteiger partial charge in [-0.2, -0.15) is 5.26 Å². The van der Waals surface area contributed by atoms with Crippen molar-refractivity contribution in [2.75, 3.05) is 5.43 Å². The number of nitriles is 1. The van der Waals surface area contributed by atoms with Gasteiger partial charge in [0.05, 0.1) is 11.6 Å². The highest BCUT2D eigenvalue weighted by atomic mass is 35.5. The van der Waals surface area contributed by atoms with E-state index in [4.69, 9.17) is 11.6 Å². The van der Waals surface area contributed by atoms with E-state index in [2.05, 4.69) is 11.5 Å². The van der Waals surface area contributed by atoms with Crippen molar-refractivity contribution in [1.82, 2.24) is 4.68 Å². The van der Waals surface area contributed by atoms with Crippen LogP contribution in [0.15, 0.2) is 60.7 Å². The van der Waals surface area contributed by atoms with Crippen LogP contribution < -0.4 is 5.43 Å². The summed E-state index contributed by atoms with van der Waals surface area (Å²) in [6.07, 6.45) is 1.80. The number of halogens is 1. The van der Waals surface area contributed by atoms with E-state index in [-0.39, 0.29) is 5.91 Å². The van der Waals surface area contributed by atoms with Crippen molar-refractivity contribution in [2.45, 2.75) is 13.8 Å². The Morgan fingerprint density at radius 2 is 1.78 bits per heavy atom. The lowest BCUT2D eigenvalue weighted by Gasteiger charge is -2.11. The molecule has 2 aromatic carbocycles. The number of carbonyl (C=O) groups is 1. The van der Waals surface area contributed by atoms with Gasteiger partial charge in [-0.3, -0.25) is 14.9 Å². The first-order valence-corrected chi connectivity index (χ1v) is 8.80. The van der Waals surface area contributed by atoms with Crippen molar-refractivity contribution in [2.24, 2.45) is 0 Å². The van der Waals surface area contributed by atoms with Crippen molar-refractivity contribution in [3.63, 3.8) is 0 Å². The maximum absolute atomic E-state index is 12.5. The van der Waals surface area contributed by atoms with Crippen LogP contribution in [0.2, 0.25) is 5.02 Å². The van der Waals surface area contributed by atoms with Gasteiger partial charge in [-0.15, -0.1) is 0 Å². The maximum atomic E-state index is 12.5. The summed E-state index contributed by atoms with van der Waals surface area (Å²) in [5.41, 5.74) is 7.31. The molecule has 0 aliphatic heterocycles. The topological polar surface area (TPSA) is 57.8 Å². The van der Waals surface area contributed by atoms with E-state index in [0.717, 1.165) is 22.5 Å². The molecule has 0 atom stereocenters. The second kappa shape index (κ2) is 7.94. The Kier molecular flexibility index (Phi) is 5.44. The summed E-state index contributed by atoms with van der Waals surface area (Å²) < 4.78 is 1.73. The van der Waals surface area contributed by atoms with Gasteiger partial charge in [0.15, 0.2) is 0 Å². The molecule has 0 saturated heterocycles. The summed E-state index contributed by atoms with van der Waals surface area (Å²) >= 11 is 6.04. The van der Waals surface area contributed by atoms with Crippen molar-refractivity contribution < 1.29 is 4.79 Å². The lowest BCUT2D eigenvalue weighted by Crippen LogP contribution is -2.24. The number of benzene rings is 2. The molecule has 0 aliphatic carbocycles. The molecule has 1 amide bonds. The summed E-state index contributed by atoms with van der Waals surface area (Å²) in [6.45, 7) is 3.80. The Balaban J connectivity index is 1.93. The van der Waals surface area contributed by atoms with Gasteiger partial charge in [-0.25, -0.2) is 0 Å². The smallest absolute Gasteiger partial charge is 0.267 e. The molecule has 0 bridgehead atoms. The van der Waals surface area contributed by atoms with Crippen LogP contribution in [-0.2, 0) is 0 Å². The number of aromatic nitrogens is 1. The van der Waals surface area contributed by atoms with Crippen LogP contribution in [-0.4, -0.2) is 10.6 Å². The zero-order chi connectivity index (χ0) is 19.4. The average Bonchev–Trinajstić information content (AvgIpc) is 2.94. The summed E-state index contributed by atoms with van der Waals surface area (Å²) in [4.78, 5) is 12.5. The molecule has 134 valence electrons. The largest absolute Gasteiger partial charge is 0.270 e. The van der Waals surface area contributed by atoms with E-state index in [1.54, 1.807) is 35.0 Å². The van der Waals surface area contributed by atoms with E-state index in [1.165, 1.54) is 0 Å². The predicted molar refractivity (Wildman–Crippen MR) is 109 cm³/mol. The second-order valence-electron chi connectivity index (χ2n) is 6.15. The number of aryl methyl sites for hydroxylation is 1. The van der Waals surface area contributed by atoms with Crippen LogP contribution in [0.4, 0.5) is 0 Å². The monoisotopic (exact) mass is 375 g/mol. The number of hydrogen-bond acceptors (Lipinski definition) is 2. The zero-order valence-corrected chi connectivity index (χ0v) is 15.8. The first kappa shape index (κ1) is 18.5. The van der Waals surface area contributed by atoms with Crippen molar-refractivity contribution >= 4 is 29.2 Å². The third-order valence-electron chi connectivity index (χ3n) is 4.28. The molecule has 0 fully saturated rings. The van der Waals surface area contributed by atoms with Gasteiger partial charge in [-0.05, 0) is 61.4 Å². The molecule has 1 N–H and O–H groups in total. The summed E-state index contributed by atoms with van der Waals surface area (Å²) in [5, 5.41) is 10.1. The second-order valence-corrected chi connectivity index (χ2v) is 6.59. The van der Waals surface area contributed by atoms with Gasteiger partial charge in [0.1, 0.15) is 0 Å². The van der Waals surface area contributed by atoms with Crippen LogP contribution in [0, 0.1) is 25.2 Å². The molecule has 0 aliphatic rings. The Morgan fingerprint density at radius 1 is 1.07 bits per heavy atom. The molecule has 0 unspecified atom stereocenters. The third kappa shape index (κ3) is 4.11. The first-order chi connectivity index (χ1) is 13.0. The fourth-order valence-electron chi connectivity index (χ4n) is 2.85. The minimum absolute atomic E-state index is 0.191. The molecule has 1 heterocycles. The maximum Gasteiger partial charge on any atom is 0.270 e. The molecular formula is C22H18ClN3O. The SMILES string of the molecule is Cc1cc(/C=C(/C#N)c2cccc(Cl)c2)c(C)n1NC(=O)c1ccccc1. The van der Waals surface area contributed by atoms with Gasteiger partial charge < -0.3 is 0 Å². The Labute approximate surface area is 163 Å². The van der Waals surface area contributed by atoms with Gasteiger partial charge >= 0.3 is 0 Å². The van der Waals surface area contributed by atoms with Crippen LogP contribution >= 0.6 is 11.6 Å². The Morgan fingerprint density at radius 3 is 2.44 bits per heavy atom. The number of carbonyl (C=O) groups excluding carboxylic acids is 1. The van der Waals surface area contributed by atoms with Crippen LogP contribution in [0.5, 0.6) is 0 Å². The van der Waals surface area contributed by atoms with E-state index in [1.807, 2.05) is 50.2 Å². The highest BCUT2D eigenvalue weighted by molar-refractivity contribution is 6.30. The van der Waals surface area contributed by atoms with Gasteiger partial charge in [-0.1, -0.05) is 41.9 Å².